The maximum absolute atomic E-state index is 12.6. The number of rotatable bonds is 6. The maximum atomic E-state index is 12.6. The molecule has 168 valence electrons. The van der Waals surface area contributed by atoms with E-state index in [1.54, 1.807) is 47.4 Å². The van der Waals surface area contributed by atoms with Gasteiger partial charge in [-0.25, -0.2) is 0 Å². The van der Waals surface area contributed by atoms with Crippen LogP contribution in [-0.4, -0.2) is 73.5 Å². The topological polar surface area (TPSA) is 91.0 Å². The van der Waals surface area contributed by atoms with Crippen molar-refractivity contribution in [2.24, 2.45) is 0 Å². The molecule has 32 heavy (non-hydrogen) atoms. The molecular formula is C24H28N4O4. The Balaban J connectivity index is 1.32. The van der Waals surface area contributed by atoms with Crippen LogP contribution < -0.4 is 10.6 Å². The molecule has 0 aromatic heterocycles. The van der Waals surface area contributed by atoms with Crippen molar-refractivity contribution in [2.45, 2.75) is 12.8 Å². The monoisotopic (exact) mass is 436 g/mol. The van der Waals surface area contributed by atoms with Crippen molar-refractivity contribution in [3.8, 4) is 0 Å². The van der Waals surface area contributed by atoms with Gasteiger partial charge >= 0.3 is 0 Å². The molecular weight excluding hydrogens is 408 g/mol. The lowest BCUT2D eigenvalue weighted by Crippen LogP contribution is -2.40. The van der Waals surface area contributed by atoms with Gasteiger partial charge in [0.05, 0.1) is 19.8 Å². The number of carbonyl (C=O) groups excluding carboxylic acids is 3. The van der Waals surface area contributed by atoms with Crippen molar-refractivity contribution in [2.75, 3.05) is 56.6 Å². The summed E-state index contributed by atoms with van der Waals surface area (Å²) in [4.78, 5) is 41.2. The van der Waals surface area contributed by atoms with Crippen LogP contribution >= 0.6 is 0 Å². The quantitative estimate of drug-likeness (QED) is 0.726. The number of benzene rings is 2. The fourth-order valence-corrected chi connectivity index (χ4v) is 3.93. The number of nitrogens with one attached hydrogen (secondary N) is 2. The van der Waals surface area contributed by atoms with Crippen LogP contribution in [0.25, 0.3) is 0 Å². The first-order chi connectivity index (χ1) is 15.6. The normalized spacial score (nSPS) is 16.0. The molecule has 8 nitrogen and oxygen atoms in total. The van der Waals surface area contributed by atoms with Crippen molar-refractivity contribution in [3.05, 3.63) is 59.7 Å². The number of amides is 3. The van der Waals surface area contributed by atoms with Gasteiger partial charge in [0.15, 0.2) is 0 Å². The Labute approximate surface area is 187 Å². The molecule has 4 rings (SSSR count). The van der Waals surface area contributed by atoms with Gasteiger partial charge in [0.25, 0.3) is 11.8 Å². The van der Waals surface area contributed by atoms with E-state index in [-0.39, 0.29) is 24.3 Å². The van der Waals surface area contributed by atoms with E-state index in [1.807, 2.05) is 11.0 Å². The van der Waals surface area contributed by atoms with Gasteiger partial charge < -0.3 is 25.2 Å². The summed E-state index contributed by atoms with van der Waals surface area (Å²) in [6.07, 6.45) is 2.07. The largest absolute Gasteiger partial charge is 0.378 e. The Morgan fingerprint density at radius 2 is 1.34 bits per heavy atom. The highest BCUT2D eigenvalue weighted by atomic mass is 16.5. The first-order valence-corrected chi connectivity index (χ1v) is 11.0. The second-order valence-electron chi connectivity index (χ2n) is 7.97. The van der Waals surface area contributed by atoms with Crippen molar-refractivity contribution >= 4 is 29.1 Å². The number of ether oxygens (including phenoxy) is 1. The summed E-state index contributed by atoms with van der Waals surface area (Å²) >= 11 is 0. The summed E-state index contributed by atoms with van der Waals surface area (Å²) in [7, 11) is 0. The second kappa shape index (κ2) is 10.3. The highest BCUT2D eigenvalue weighted by Gasteiger charge is 2.20. The molecule has 2 saturated heterocycles. The molecule has 0 aliphatic carbocycles. The van der Waals surface area contributed by atoms with E-state index < -0.39 is 0 Å². The maximum Gasteiger partial charge on any atom is 0.254 e. The highest BCUT2D eigenvalue weighted by molar-refractivity contribution is 5.98. The Morgan fingerprint density at radius 3 is 2.00 bits per heavy atom. The molecule has 0 radical (unpaired) electrons. The number of nitrogens with zero attached hydrogens (tertiary/aromatic N) is 2. The number of anilines is 2. The first kappa shape index (κ1) is 21.8. The highest BCUT2D eigenvalue weighted by Crippen LogP contribution is 2.17. The van der Waals surface area contributed by atoms with E-state index in [4.69, 9.17) is 4.74 Å². The average molecular weight is 437 g/mol. The summed E-state index contributed by atoms with van der Waals surface area (Å²) in [5.74, 6) is -0.278. The molecule has 8 heteroatoms. The van der Waals surface area contributed by atoms with Gasteiger partial charge in [0, 0.05) is 48.7 Å². The number of morpholine rings is 1. The van der Waals surface area contributed by atoms with Crippen molar-refractivity contribution in [3.63, 3.8) is 0 Å². The summed E-state index contributed by atoms with van der Waals surface area (Å²) in [5, 5.41) is 5.89. The molecule has 0 spiro atoms. The molecule has 0 bridgehead atoms. The third-order valence-corrected chi connectivity index (χ3v) is 5.65. The standard InChI is InChI=1S/C24H28N4O4/c29-22(26-21-8-4-6-19(16-21)23(30)27-9-1-2-10-27)17-25-20-7-3-5-18(15-20)24(31)28-11-13-32-14-12-28/h3-8,15-16,25H,1-2,9-14,17H2,(H,26,29). The van der Waals surface area contributed by atoms with Gasteiger partial charge in [-0.05, 0) is 49.2 Å². The lowest BCUT2D eigenvalue weighted by Gasteiger charge is -2.27. The predicted octanol–water partition coefficient (Wildman–Crippen LogP) is 2.45. The second-order valence-corrected chi connectivity index (χ2v) is 7.97. The van der Waals surface area contributed by atoms with Gasteiger partial charge in [-0.2, -0.15) is 0 Å². The van der Waals surface area contributed by atoms with Crippen LogP contribution in [0.15, 0.2) is 48.5 Å². The van der Waals surface area contributed by atoms with E-state index in [0.29, 0.717) is 48.8 Å². The van der Waals surface area contributed by atoms with Gasteiger partial charge in [-0.1, -0.05) is 12.1 Å². The van der Waals surface area contributed by atoms with Crippen LogP contribution in [0.5, 0.6) is 0 Å². The Bertz CT molecular complexity index is 981. The summed E-state index contributed by atoms with van der Waals surface area (Å²) in [6, 6.07) is 14.1. The van der Waals surface area contributed by atoms with Crippen molar-refractivity contribution in [1.82, 2.24) is 9.80 Å². The van der Waals surface area contributed by atoms with Gasteiger partial charge in [0.2, 0.25) is 5.91 Å². The van der Waals surface area contributed by atoms with Gasteiger partial charge in [0.1, 0.15) is 0 Å². The molecule has 2 aliphatic rings. The number of carbonyl (C=O) groups is 3. The average Bonchev–Trinajstić information content (AvgIpc) is 3.38. The smallest absolute Gasteiger partial charge is 0.254 e. The number of hydrogen-bond donors (Lipinski definition) is 2. The van der Waals surface area contributed by atoms with E-state index in [0.717, 1.165) is 25.9 Å². The van der Waals surface area contributed by atoms with Crippen LogP contribution in [0, 0.1) is 0 Å². The minimum Gasteiger partial charge on any atom is -0.378 e. The molecule has 0 saturated carbocycles. The van der Waals surface area contributed by atoms with Crippen LogP contribution in [0.4, 0.5) is 11.4 Å². The lowest BCUT2D eigenvalue weighted by molar-refractivity contribution is -0.114. The molecule has 0 unspecified atom stereocenters. The minimum absolute atomic E-state index is 0.00141. The van der Waals surface area contributed by atoms with Crippen LogP contribution in [-0.2, 0) is 9.53 Å². The number of likely N-dealkylation sites (tertiary alicyclic amines) is 1. The van der Waals surface area contributed by atoms with Crippen molar-refractivity contribution < 1.29 is 19.1 Å². The fraction of sp³-hybridized carbons (Fsp3) is 0.375. The zero-order valence-corrected chi connectivity index (χ0v) is 18.0. The van der Waals surface area contributed by atoms with E-state index in [1.165, 1.54) is 0 Å². The first-order valence-electron chi connectivity index (χ1n) is 11.0. The molecule has 2 heterocycles. The zero-order chi connectivity index (χ0) is 22.3. The van der Waals surface area contributed by atoms with E-state index >= 15 is 0 Å². The minimum atomic E-state index is -0.235. The fourth-order valence-electron chi connectivity index (χ4n) is 3.93. The third kappa shape index (κ3) is 5.45. The molecule has 0 atom stereocenters. The molecule has 2 aliphatic heterocycles. The zero-order valence-electron chi connectivity index (χ0n) is 18.0. The Kier molecular flexibility index (Phi) is 7.01. The van der Waals surface area contributed by atoms with Crippen LogP contribution in [0.1, 0.15) is 33.6 Å². The molecule has 2 aromatic carbocycles. The summed E-state index contributed by atoms with van der Waals surface area (Å²) in [6.45, 7) is 3.87. The summed E-state index contributed by atoms with van der Waals surface area (Å²) in [5.41, 5.74) is 2.42. The molecule has 2 N–H and O–H groups in total. The lowest BCUT2D eigenvalue weighted by atomic mass is 10.1. The van der Waals surface area contributed by atoms with Crippen LogP contribution in [0.2, 0.25) is 0 Å². The Morgan fingerprint density at radius 1 is 0.781 bits per heavy atom. The van der Waals surface area contributed by atoms with Gasteiger partial charge in [-0.15, -0.1) is 0 Å². The van der Waals surface area contributed by atoms with E-state index in [2.05, 4.69) is 10.6 Å². The summed E-state index contributed by atoms with van der Waals surface area (Å²) < 4.78 is 5.30. The van der Waals surface area contributed by atoms with Crippen LogP contribution in [0.3, 0.4) is 0 Å². The predicted molar refractivity (Wildman–Crippen MR) is 122 cm³/mol. The van der Waals surface area contributed by atoms with Crippen molar-refractivity contribution in [1.29, 1.82) is 0 Å². The molecule has 2 aromatic rings. The van der Waals surface area contributed by atoms with E-state index in [9.17, 15) is 14.4 Å². The number of hydrogen-bond acceptors (Lipinski definition) is 5. The molecule has 2 fully saturated rings. The Hall–Kier alpha value is -3.39. The van der Waals surface area contributed by atoms with Gasteiger partial charge in [-0.3, -0.25) is 14.4 Å². The molecule has 3 amide bonds. The third-order valence-electron chi connectivity index (χ3n) is 5.65. The SMILES string of the molecule is O=C(CNc1cccc(C(=O)N2CCOCC2)c1)Nc1cccc(C(=O)N2CCCC2)c1.